The Labute approximate surface area is 209 Å². The van der Waals surface area contributed by atoms with Gasteiger partial charge in [-0.25, -0.2) is 8.42 Å². The zero-order valence-corrected chi connectivity index (χ0v) is 21.8. The number of rotatable bonds is 6. The van der Waals surface area contributed by atoms with Gasteiger partial charge < -0.3 is 9.84 Å². The number of sulfonamides is 1. The fraction of sp³-hybridized carbons (Fsp3) is 0.480. The molecule has 2 aromatic heterocycles. The lowest BCUT2D eigenvalue weighted by Crippen LogP contribution is -2.43. The number of benzene rings is 1. The van der Waals surface area contributed by atoms with Gasteiger partial charge in [0.15, 0.2) is 0 Å². The molecule has 10 heteroatoms. The van der Waals surface area contributed by atoms with E-state index >= 15 is 0 Å². The van der Waals surface area contributed by atoms with E-state index in [9.17, 15) is 13.2 Å². The molecule has 1 amide bonds. The SMILES string of the molecule is Cc1ccc(NC(=O)[C@@H]2CCCN(S(=O)(=O)c3cc(-c4noc(C5CCC5)n4)sc3C)C2)cc1C. The van der Waals surface area contributed by atoms with Crippen molar-refractivity contribution >= 4 is 33.0 Å². The summed E-state index contributed by atoms with van der Waals surface area (Å²) in [6.45, 7) is 6.38. The summed E-state index contributed by atoms with van der Waals surface area (Å²) in [6.07, 6.45) is 4.57. The molecule has 3 aromatic rings. The maximum absolute atomic E-state index is 13.6. The minimum Gasteiger partial charge on any atom is -0.339 e. The molecule has 1 aromatic carbocycles. The maximum Gasteiger partial charge on any atom is 0.244 e. The quantitative estimate of drug-likeness (QED) is 0.495. The van der Waals surface area contributed by atoms with Crippen molar-refractivity contribution < 1.29 is 17.7 Å². The van der Waals surface area contributed by atoms with Crippen LogP contribution in [0, 0.1) is 26.7 Å². The van der Waals surface area contributed by atoms with Gasteiger partial charge in [-0.1, -0.05) is 17.6 Å². The van der Waals surface area contributed by atoms with Crippen molar-refractivity contribution in [1.82, 2.24) is 14.4 Å². The number of carbonyl (C=O) groups excluding carboxylic acids is 1. The summed E-state index contributed by atoms with van der Waals surface area (Å²) in [5.41, 5.74) is 2.99. The molecule has 1 saturated heterocycles. The van der Waals surface area contributed by atoms with Crippen LogP contribution in [0.5, 0.6) is 0 Å². The van der Waals surface area contributed by atoms with Crippen LogP contribution >= 0.6 is 11.3 Å². The van der Waals surface area contributed by atoms with Crippen molar-refractivity contribution in [2.24, 2.45) is 5.92 Å². The van der Waals surface area contributed by atoms with Crippen LogP contribution < -0.4 is 5.32 Å². The molecule has 0 bridgehead atoms. The number of aromatic nitrogens is 2. The number of aryl methyl sites for hydroxylation is 3. The van der Waals surface area contributed by atoms with Crippen LogP contribution in [0.15, 0.2) is 33.7 Å². The van der Waals surface area contributed by atoms with Crippen LogP contribution in [0.25, 0.3) is 10.7 Å². The fourth-order valence-corrected chi connectivity index (χ4v) is 7.58. The van der Waals surface area contributed by atoms with Crippen LogP contribution in [0.1, 0.15) is 59.9 Å². The molecule has 1 atom stereocenters. The Hall–Kier alpha value is -2.56. The predicted molar refractivity (Wildman–Crippen MR) is 135 cm³/mol. The molecule has 1 saturated carbocycles. The summed E-state index contributed by atoms with van der Waals surface area (Å²) in [6, 6.07) is 7.43. The van der Waals surface area contributed by atoms with Crippen molar-refractivity contribution in [3.63, 3.8) is 0 Å². The topological polar surface area (TPSA) is 105 Å². The third kappa shape index (κ3) is 4.79. The van der Waals surface area contributed by atoms with Gasteiger partial charge in [-0.15, -0.1) is 11.3 Å². The molecule has 3 heterocycles. The highest BCUT2D eigenvalue weighted by Gasteiger charge is 2.35. The molecule has 0 radical (unpaired) electrons. The van der Waals surface area contributed by atoms with Crippen molar-refractivity contribution in [2.45, 2.75) is 63.7 Å². The summed E-state index contributed by atoms with van der Waals surface area (Å²) in [5, 5.41) is 7.05. The van der Waals surface area contributed by atoms with Gasteiger partial charge in [0, 0.05) is 29.6 Å². The van der Waals surface area contributed by atoms with Crippen molar-refractivity contribution in [3.8, 4) is 10.7 Å². The number of hydrogen-bond acceptors (Lipinski definition) is 7. The number of amides is 1. The molecule has 1 aliphatic heterocycles. The summed E-state index contributed by atoms with van der Waals surface area (Å²) in [7, 11) is -3.76. The van der Waals surface area contributed by atoms with Crippen molar-refractivity contribution in [2.75, 3.05) is 18.4 Å². The van der Waals surface area contributed by atoms with E-state index in [4.69, 9.17) is 4.52 Å². The van der Waals surface area contributed by atoms with Gasteiger partial charge >= 0.3 is 0 Å². The molecular formula is C25H30N4O4S2. The van der Waals surface area contributed by atoms with Gasteiger partial charge in [0.25, 0.3) is 0 Å². The van der Waals surface area contributed by atoms with E-state index in [2.05, 4.69) is 15.5 Å². The molecule has 5 rings (SSSR count). The van der Waals surface area contributed by atoms with Crippen LogP contribution in [0.3, 0.4) is 0 Å². The minimum atomic E-state index is -3.76. The normalized spacial score (nSPS) is 19.5. The van der Waals surface area contributed by atoms with Crippen LogP contribution in [0.2, 0.25) is 0 Å². The third-order valence-corrected chi connectivity index (χ3v) is 10.3. The zero-order valence-electron chi connectivity index (χ0n) is 20.2. The standard InChI is InChI=1S/C25H30N4O4S2/c1-15-9-10-20(12-16(15)2)26-24(30)19-8-5-11-29(14-19)35(31,32)22-13-21(34-17(22)3)23-27-25(33-28-23)18-6-4-7-18/h9-10,12-13,18-19H,4-8,11,14H2,1-3H3,(H,26,30)/t19-/m1/s1. The highest BCUT2D eigenvalue weighted by atomic mass is 32.2. The second-order valence-electron chi connectivity index (χ2n) is 9.61. The molecule has 8 nitrogen and oxygen atoms in total. The lowest BCUT2D eigenvalue weighted by Gasteiger charge is -2.31. The van der Waals surface area contributed by atoms with E-state index in [1.807, 2.05) is 32.0 Å². The molecule has 2 aliphatic rings. The number of carbonyl (C=O) groups is 1. The van der Waals surface area contributed by atoms with E-state index in [1.165, 1.54) is 22.1 Å². The zero-order chi connectivity index (χ0) is 24.7. The first-order valence-electron chi connectivity index (χ1n) is 12.0. The lowest BCUT2D eigenvalue weighted by molar-refractivity contribution is -0.120. The number of piperidine rings is 1. The Morgan fingerprint density at radius 3 is 2.63 bits per heavy atom. The predicted octanol–water partition coefficient (Wildman–Crippen LogP) is 5.03. The summed E-state index contributed by atoms with van der Waals surface area (Å²) >= 11 is 1.35. The molecule has 2 fully saturated rings. The van der Waals surface area contributed by atoms with Crippen molar-refractivity contribution in [3.05, 3.63) is 46.2 Å². The monoisotopic (exact) mass is 514 g/mol. The summed E-state index contributed by atoms with van der Waals surface area (Å²) in [5.74, 6) is 0.842. The largest absolute Gasteiger partial charge is 0.339 e. The first kappa shape index (κ1) is 24.1. The number of nitrogens with one attached hydrogen (secondary N) is 1. The molecule has 0 spiro atoms. The molecule has 0 unspecified atom stereocenters. The molecule has 35 heavy (non-hydrogen) atoms. The van der Waals surface area contributed by atoms with E-state index in [0.717, 1.165) is 29.7 Å². The second kappa shape index (κ2) is 9.48. The average molecular weight is 515 g/mol. The minimum absolute atomic E-state index is 0.147. The van der Waals surface area contributed by atoms with Gasteiger partial charge in [-0.2, -0.15) is 9.29 Å². The average Bonchev–Trinajstić information content (AvgIpc) is 3.42. The first-order chi connectivity index (χ1) is 16.7. The van der Waals surface area contributed by atoms with E-state index in [0.29, 0.717) is 46.8 Å². The number of hydrogen-bond donors (Lipinski definition) is 1. The fourth-order valence-electron chi connectivity index (χ4n) is 4.57. The molecule has 1 N–H and O–H groups in total. The smallest absolute Gasteiger partial charge is 0.244 e. The highest BCUT2D eigenvalue weighted by Crippen LogP contribution is 2.38. The van der Waals surface area contributed by atoms with Gasteiger partial charge in [-0.05, 0) is 75.8 Å². The molecule has 186 valence electrons. The van der Waals surface area contributed by atoms with Gasteiger partial charge in [0.05, 0.1) is 15.7 Å². The van der Waals surface area contributed by atoms with Crippen LogP contribution in [-0.4, -0.2) is 41.9 Å². The number of thiophene rings is 1. The number of nitrogens with zero attached hydrogens (tertiary/aromatic N) is 3. The third-order valence-electron chi connectivity index (χ3n) is 7.14. The van der Waals surface area contributed by atoms with Crippen molar-refractivity contribution in [1.29, 1.82) is 0 Å². The molecule has 1 aliphatic carbocycles. The Balaban J connectivity index is 1.31. The van der Waals surface area contributed by atoms with E-state index in [1.54, 1.807) is 13.0 Å². The molecular weight excluding hydrogens is 484 g/mol. The maximum atomic E-state index is 13.6. The summed E-state index contributed by atoms with van der Waals surface area (Å²) < 4.78 is 34.0. The Morgan fingerprint density at radius 2 is 1.91 bits per heavy atom. The van der Waals surface area contributed by atoms with E-state index in [-0.39, 0.29) is 17.3 Å². The first-order valence-corrected chi connectivity index (χ1v) is 14.3. The number of anilines is 1. The van der Waals surface area contributed by atoms with Crippen LogP contribution in [0.4, 0.5) is 5.69 Å². The van der Waals surface area contributed by atoms with Crippen LogP contribution in [-0.2, 0) is 14.8 Å². The highest BCUT2D eigenvalue weighted by molar-refractivity contribution is 7.89. The Bertz CT molecular complexity index is 1360. The summed E-state index contributed by atoms with van der Waals surface area (Å²) in [4.78, 5) is 19.1. The Kier molecular flexibility index (Phi) is 6.54. The van der Waals surface area contributed by atoms with Gasteiger partial charge in [0.1, 0.15) is 0 Å². The van der Waals surface area contributed by atoms with Gasteiger partial charge in [-0.3, -0.25) is 4.79 Å². The Morgan fingerprint density at radius 1 is 1.11 bits per heavy atom. The lowest BCUT2D eigenvalue weighted by atomic mass is 9.85. The van der Waals surface area contributed by atoms with Gasteiger partial charge in [0.2, 0.25) is 27.6 Å². The van der Waals surface area contributed by atoms with E-state index < -0.39 is 15.9 Å². The second-order valence-corrected chi connectivity index (χ2v) is 12.8.